The summed E-state index contributed by atoms with van der Waals surface area (Å²) >= 11 is 0. The highest BCUT2D eigenvalue weighted by Gasteiger charge is 2.22. The van der Waals surface area contributed by atoms with Gasteiger partial charge >= 0.3 is 0 Å². The summed E-state index contributed by atoms with van der Waals surface area (Å²) in [7, 11) is 0. The zero-order valence-electron chi connectivity index (χ0n) is 12.0. The molecule has 1 aromatic rings. The minimum absolute atomic E-state index is 0.0373. The number of aryl methyl sites for hydroxylation is 1. The molecule has 1 heterocycles. The maximum absolute atomic E-state index is 12.0. The fourth-order valence-corrected chi connectivity index (χ4v) is 1.97. The van der Waals surface area contributed by atoms with Gasteiger partial charge in [-0.05, 0) is 26.0 Å². The summed E-state index contributed by atoms with van der Waals surface area (Å²) in [5, 5.41) is 6.05. The van der Waals surface area contributed by atoms with Gasteiger partial charge in [-0.1, -0.05) is 17.7 Å². The fourth-order valence-electron chi connectivity index (χ4n) is 1.97. The van der Waals surface area contributed by atoms with Crippen LogP contribution in [0.4, 0.5) is 0 Å². The van der Waals surface area contributed by atoms with Crippen molar-refractivity contribution >= 4 is 5.91 Å². The second-order valence-corrected chi connectivity index (χ2v) is 5.12. The number of carbonyl (C=O) groups is 1. The van der Waals surface area contributed by atoms with E-state index in [1.54, 1.807) is 0 Å². The molecule has 0 bridgehead atoms. The molecule has 2 unspecified atom stereocenters. The second kappa shape index (κ2) is 7.26. The molecule has 1 fully saturated rings. The van der Waals surface area contributed by atoms with Gasteiger partial charge < -0.3 is 20.1 Å². The molecule has 1 amide bonds. The van der Waals surface area contributed by atoms with Crippen LogP contribution in [0.2, 0.25) is 0 Å². The molecule has 20 heavy (non-hydrogen) atoms. The molecule has 0 aromatic heterocycles. The summed E-state index contributed by atoms with van der Waals surface area (Å²) in [6, 6.07) is 7.56. The van der Waals surface area contributed by atoms with E-state index < -0.39 is 0 Å². The molecule has 1 aliphatic heterocycles. The van der Waals surface area contributed by atoms with Crippen molar-refractivity contribution < 1.29 is 14.3 Å². The normalized spacial score (nSPS) is 20.2. The minimum Gasteiger partial charge on any atom is -0.491 e. The predicted octanol–water partition coefficient (Wildman–Crippen LogP) is 0.867. The highest BCUT2D eigenvalue weighted by atomic mass is 16.5. The van der Waals surface area contributed by atoms with Gasteiger partial charge in [0.15, 0.2) is 0 Å². The molecular formula is C15H22N2O3. The third-order valence-electron chi connectivity index (χ3n) is 3.15. The third kappa shape index (κ3) is 4.51. The fraction of sp³-hybridized carbons (Fsp3) is 0.533. The van der Waals surface area contributed by atoms with Crippen LogP contribution < -0.4 is 15.4 Å². The van der Waals surface area contributed by atoms with Crippen LogP contribution in [0.25, 0.3) is 0 Å². The average Bonchev–Trinajstić information content (AvgIpc) is 2.47. The quantitative estimate of drug-likeness (QED) is 0.839. The van der Waals surface area contributed by atoms with Gasteiger partial charge in [-0.25, -0.2) is 0 Å². The molecule has 0 aliphatic carbocycles. The molecule has 0 saturated carbocycles. The third-order valence-corrected chi connectivity index (χ3v) is 3.15. The Hall–Kier alpha value is -1.59. The van der Waals surface area contributed by atoms with Crippen molar-refractivity contribution in [3.63, 3.8) is 0 Å². The van der Waals surface area contributed by atoms with E-state index in [0.717, 1.165) is 5.75 Å². The van der Waals surface area contributed by atoms with Crippen LogP contribution in [0, 0.1) is 6.92 Å². The van der Waals surface area contributed by atoms with E-state index in [-0.39, 0.29) is 18.0 Å². The summed E-state index contributed by atoms with van der Waals surface area (Å²) in [5.74, 6) is 0.778. The van der Waals surface area contributed by atoms with Gasteiger partial charge in [0.1, 0.15) is 18.4 Å². The lowest BCUT2D eigenvalue weighted by Crippen LogP contribution is -2.53. The van der Waals surface area contributed by atoms with Gasteiger partial charge in [-0.3, -0.25) is 4.79 Å². The molecule has 1 aromatic carbocycles. The van der Waals surface area contributed by atoms with E-state index in [1.165, 1.54) is 5.56 Å². The lowest BCUT2D eigenvalue weighted by atomic mass is 10.2. The van der Waals surface area contributed by atoms with Crippen molar-refractivity contribution in [2.75, 3.05) is 26.4 Å². The van der Waals surface area contributed by atoms with Crippen molar-refractivity contribution in [3.8, 4) is 5.75 Å². The monoisotopic (exact) mass is 278 g/mol. The summed E-state index contributed by atoms with van der Waals surface area (Å²) in [4.78, 5) is 12.0. The highest BCUT2D eigenvalue weighted by molar-refractivity contribution is 5.82. The van der Waals surface area contributed by atoms with Crippen LogP contribution in [0.15, 0.2) is 24.3 Å². The number of hydrogen-bond acceptors (Lipinski definition) is 4. The Balaban J connectivity index is 1.73. The summed E-state index contributed by atoms with van der Waals surface area (Å²) in [5.41, 5.74) is 1.20. The number of benzene rings is 1. The van der Waals surface area contributed by atoms with E-state index in [9.17, 15) is 4.79 Å². The van der Waals surface area contributed by atoms with Gasteiger partial charge in [-0.15, -0.1) is 0 Å². The smallest absolute Gasteiger partial charge is 0.239 e. The molecule has 110 valence electrons. The average molecular weight is 278 g/mol. The zero-order chi connectivity index (χ0) is 14.4. The largest absolute Gasteiger partial charge is 0.491 e. The minimum atomic E-state index is -0.259. The number of carbonyl (C=O) groups excluding carboxylic acids is 1. The summed E-state index contributed by atoms with van der Waals surface area (Å²) in [6.07, 6.45) is 0. The van der Waals surface area contributed by atoms with E-state index in [2.05, 4.69) is 10.6 Å². The lowest BCUT2D eigenvalue weighted by molar-refractivity contribution is -0.126. The van der Waals surface area contributed by atoms with Crippen molar-refractivity contribution in [2.24, 2.45) is 0 Å². The van der Waals surface area contributed by atoms with Gasteiger partial charge in [0.25, 0.3) is 0 Å². The Labute approximate surface area is 119 Å². The Morgan fingerprint density at radius 3 is 2.90 bits per heavy atom. The molecular weight excluding hydrogens is 256 g/mol. The Bertz CT molecular complexity index is 427. The topological polar surface area (TPSA) is 59.6 Å². The standard InChI is InChI=1S/C15H22N2O3/c1-11-3-5-13(6-4-11)20-9-12(2)17-15(18)14-10-19-8-7-16-14/h3-6,12,14,16H,7-10H2,1-2H3,(H,17,18). The molecule has 1 aliphatic rings. The van der Waals surface area contributed by atoms with Crippen molar-refractivity contribution in [1.29, 1.82) is 0 Å². The SMILES string of the molecule is Cc1ccc(OCC(C)NC(=O)C2COCCN2)cc1. The van der Waals surface area contributed by atoms with Crippen LogP contribution in [0.3, 0.4) is 0 Å². The molecule has 2 N–H and O–H groups in total. The zero-order valence-corrected chi connectivity index (χ0v) is 12.0. The number of hydrogen-bond donors (Lipinski definition) is 2. The molecule has 2 rings (SSSR count). The van der Waals surface area contributed by atoms with Crippen LogP contribution >= 0.6 is 0 Å². The maximum atomic E-state index is 12.0. The predicted molar refractivity (Wildman–Crippen MR) is 76.9 cm³/mol. The molecule has 0 spiro atoms. The van der Waals surface area contributed by atoms with Crippen LogP contribution in [0.1, 0.15) is 12.5 Å². The number of rotatable bonds is 5. The Kier molecular flexibility index (Phi) is 5.38. The Morgan fingerprint density at radius 1 is 1.50 bits per heavy atom. The van der Waals surface area contributed by atoms with Crippen molar-refractivity contribution in [1.82, 2.24) is 10.6 Å². The van der Waals surface area contributed by atoms with Crippen molar-refractivity contribution in [3.05, 3.63) is 29.8 Å². The number of amides is 1. The van der Waals surface area contributed by atoms with E-state index in [1.807, 2.05) is 38.1 Å². The molecule has 2 atom stereocenters. The first kappa shape index (κ1) is 14.8. The first-order valence-electron chi connectivity index (χ1n) is 6.96. The Morgan fingerprint density at radius 2 is 2.25 bits per heavy atom. The van der Waals surface area contributed by atoms with Crippen LogP contribution in [-0.4, -0.2) is 44.4 Å². The van der Waals surface area contributed by atoms with Crippen molar-refractivity contribution in [2.45, 2.75) is 25.9 Å². The number of morpholine rings is 1. The van der Waals surface area contributed by atoms with Gasteiger partial charge in [0.2, 0.25) is 5.91 Å². The van der Waals surface area contributed by atoms with Crippen LogP contribution in [-0.2, 0) is 9.53 Å². The van der Waals surface area contributed by atoms with Gasteiger partial charge in [-0.2, -0.15) is 0 Å². The van der Waals surface area contributed by atoms with Gasteiger partial charge in [0, 0.05) is 6.54 Å². The van der Waals surface area contributed by atoms with E-state index >= 15 is 0 Å². The van der Waals surface area contributed by atoms with E-state index in [0.29, 0.717) is 26.4 Å². The molecule has 5 nitrogen and oxygen atoms in total. The first-order chi connectivity index (χ1) is 9.65. The summed E-state index contributed by atoms with van der Waals surface area (Å²) < 4.78 is 10.9. The van der Waals surface area contributed by atoms with Crippen LogP contribution in [0.5, 0.6) is 5.75 Å². The molecule has 0 radical (unpaired) electrons. The highest BCUT2D eigenvalue weighted by Crippen LogP contribution is 2.11. The number of ether oxygens (including phenoxy) is 2. The van der Waals surface area contributed by atoms with E-state index in [4.69, 9.17) is 9.47 Å². The second-order valence-electron chi connectivity index (χ2n) is 5.12. The summed E-state index contributed by atoms with van der Waals surface area (Å²) in [6.45, 7) is 6.21. The molecule has 1 saturated heterocycles. The molecule has 5 heteroatoms. The first-order valence-corrected chi connectivity index (χ1v) is 6.96. The number of nitrogens with one attached hydrogen (secondary N) is 2. The van der Waals surface area contributed by atoms with Gasteiger partial charge in [0.05, 0.1) is 19.3 Å². The lowest BCUT2D eigenvalue weighted by Gasteiger charge is -2.24. The maximum Gasteiger partial charge on any atom is 0.239 e.